The number of amides is 1. The molecule has 0 atom stereocenters. The van der Waals surface area contributed by atoms with Gasteiger partial charge in [0.2, 0.25) is 5.91 Å². The van der Waals surface area contributed by atoms with Crippen LogP contribution >= 0.6 is 11.6 Å². The summed E-state index contributed by atoms with van der Waals surface area (Å²) in [5, 5.41) is 14.2. The Kier molecular flexibility index (Phi) is 5.60. The summed E-state index contributed by atoms with van der Waals surface area (Å²) in [5.74, 6) is 1.32. The van der Waals surface area contributed by atoms with Gasteiger partial charge in [-0.2, -0.15) is 0 Å². The van der Waals surface area contributed by atoms with E-state index in [1.54, 1.807) is 36.2 Å². The predicted octanol–water partition coefficient (Wildman–Crippen LogP) is 1.60. The van der Waals surface area contributed by atoms with Crippen LogP contribution in [-0.4, -0.2) is 34.3 Å². The molecule has 22 heavy (non-hydrogen) atoms. The minimum Gasteiger partial charge on any atom is -0.495 e. The highest BCUT2D eigenvalue weighted by Crippen LogP contribution is 2.27. The van der Waals surface area contributed by atoms with Crippen molar-refractivity contribution in [2.75, 3.05) is 19.0 Å². The number of benzene rings is 1. The normalized spacial score (nSPS) is 10.3. The zero-order valence-corrected chi connectivity index (χ0v) is 13.2. The second-order valence-corrected chi connectivity index (χ2v) is 5.09. The van der Waals surface area contributed by atoms with Crippen molar-refractivity contribution in [3.63, 3.8) is 0 Å². The number of methoxy groups -OCH3 is 1. The second kappa shape index (κ2) is 7.65. The number of rotatable bonds is 7. The lowest BCUT2D eigenvalue weighted by molar-refractivity contribution is -0.121. The third-order valence-corrected chi connectivity index (χ3v) is 3.31. The molecule has 0 aliphatic heterocycles. The molecule has 0 saturated carbocycles. The molecule has 1 heterocycles. The van der Waals surface area contributed by atoms with Gasteiger partial charge in [-0.3, -0.25) is 4.79 Å². The lowest BCUT2D eigenvalue weighted by Crippen LogP contribution is -2.26. The molecule has 0 spiro atoms. The number of hydrogen-bond donors (Lipinski definition) is 2. The SMILES string of the molecule is COc1ccc(Cl)cc1NCCC(=O)NCc1nncn1C. The van der Waals surface area contributed by atoms with Gasteiger partial charge in [-0.05, 0) is 18.2 Å². The van der Waals surface area contributed by atoms with Gasteiger partial charge < -0.3 is 19.9 Å². The van der Waals surface area contributed by atoms with E-state index in [2.05, 4.69) is 20.8 Å². The van der Waals surface area contributed by atoms with Crippen molar-refractivity contribution in [2.45, 2.75) is 13.0 Å². The van der Waals surface area contributed by atoms with Gasteiger partial charge in [0.1, 0.15) is 12.1 Å². The third-order valence-electron chi connectivity index (χ3n) is 3.08. The van der Waals surface area contributed by atoms with Gasteiger partial charge in [-0.15, -0.1) is 10.2 Å². The van der Waals surface area contributed by atoms with Crippen LogP contribution in [0, 0.1) is 0 Å². The molecule has 8 heteroatoms. The molecule has 0 radical (unpaired) electrons. The van der Waals surface area contributed by atoms with Crippen molar-refractivity contribution in [3.05, 3.63) is 35.4 Å². The second-order valence-electron chi connectivity index (χ2n) is 4.66. The molecule has 0 bridgehead atoms. The van der Waals surface area contributed by atoms with Crippen molar-refractivity contribution in [2.24, 2.45) is 7.05 Å². The van der Waals surface area contributed by atoms with Crippen LogP contribution in [0.5, 0.6) is 5.75 Å². The molecule has 1 aromatic heterocycles. The molecule has 0 saturated heterocycles. The summed E-state index contributed by atoms with van der Waals surface area (Å²) in [6, 6.07) is 5.29. The Bertz CT molecular complexity index is 644. The number of carbonyl (C=O) groups is 1. The summed E-state index contributed by atoms with van der Waals surface area (Å²) in [6.45, 7) is 0.831. The van der Waals surface area contributed by atoms with Crippen molar-refractivity contribution in [3.8, 4) is 5.75 Å². The molecule has 1 amide bonds. The quantitative estimate of drug-likeness (QED) is 0.809. The molecular weight excluding hydrogens is 306 g/mol. The molecule has 1 aromatic carbocycles. The van der Waals surface area contributed by atoms with E-state index in [-0.39, 0.29) is 5.91 Å². The van der Waals surface area contributed by atoms with Crippen LogP contribution < -0.4 is 15.4 Å². The molecule has 0 aliphatic carbocycles. The summed E-state index contributed by atoms with van der Waals surface area (Å²) in [5.41, 5.74) is 0.760. The van der Waals surface area contributed by atoms with Crippen LogP contribution in [0.4, 0.5) is 5.69 Å². The first-order valence-corrected chi connectivity index (χ1v) is 7.15. The van der Waals surface area contributed by atoms with Crippen LogP contribution in [0.15, 0.2) is 24.5 Å². The van der Waals surface area contributed by atoms with E-state index in [0.717, 1.165) is 5.69 Å². The number of carbonyl (C=O) groups excluding carboxylic acids is 1. The van der Waals surface area contributed by atoms with Gasteiger partial charge >= 0.3 is 0 Å². The smallest absolute Gasteiger partial charge is 0.222 e. The maximum absolute atomic E-state index is 11.8. The molecule has 0 aliphatic rings. The molecule has 2 rings (SSSR count). The predicted molar refractivity (Wildman–Crippen MR) is 84.0 cm³/mol. The van der Waals surface area contributed by atoms with Gasteiger partial charge in [0.15, 0.2) is 5.82 Å². The average molecular weight is 324 g/mol. The summed E-state index contributed by atoms with van der Waals surface area (Å²) >= 11 is 5.95. The molecule has 2 aromatic rings. The first-order valence-electron chi connectivity index (χ1n) is 6.77. The Labute approximate surface area is 133 Å². The van der Waals surface area contributed by atoms with Gasteiger partial charge in [-0.1, -0.05) is 11.6 Å². The van der Waals surface area contributed by atoms with Crippen molar-refractivity contribution in [1.29, 1.82) is 0 Å². The van der Waals surface area contributed by atoms with Crippen LogP contribution in [0.1, 0.15) is 12.2 Å². The van der Waals surface area contributed by atoms with E-state index in [0.29, 0.717) is 36.1 Å². The number of aromatic nitrogens is 3. The Balaban J connectivity index is 1.77. The minimum atomic E-state index is -0.0727. The highest BCUT2D eigenvalue weighted by Gasteiger charge is 2.07. The zero-order chi connectivity index (χ0) is 15.9. The number of aryl methyl sites for hydroxylation is 1. The zero-order valence-electron chi connectivity index (χ0n) is 12.5. The van der Waals surface area contributed by atoms with Gasteiger partial charge in [0.05, 0.1) is 19.3 Å². The Morgan fingerprint density at radius 2 is 2.27 bits per heavy atom. The first kappa shape index (κ1) is 16.1. The van der Waals surface area contributed by atoms with Crippen LogP contribution in [0.3, 0.4) is 0 Å². The number of ether oxygens (including phenoxy) is 1. The molecule has 2 N–H and O–H groups in total. The van der Waals surface area contributed by atoms with Crippen LogP contribution in [0.2, 0.25) is 5.02 Å². The average Bonchev–Trinajstić information content (AvgIpc) is 2.91. The topological polar surface area (TPSA) is 81.1 Å². The maximum Gasteiger partial charge on any atom is 0.222 e. The van der Waals surface area contributed by atoms with Crippen molar-refractivity contribution < 1.29 is 9.53 Å². The van der Waals surface area contributed by atoms with E-state index < -0.39 is 0 Å². The van der Waals surface area contributed by atoms with Gasteiger partial charge in [0.25, 0.3) is 0 Å². The Hall–Kier alpha value is -2.28. The fraction of sp³-hybridized carbons (Fsp3) is 0.357. The number of nitrogens with zero attached hydrogens (tertiary/aromatic N) is 3. The highest BCUT2D eigenvalue weighted by molar-refractivity contribution is 6.30. The lowest BCUT2D eigenvalue weighted by atomic mass is 10.2. The Morgan fingerprint density at radius 3 is 2.95 bits per heavy atom. The monoisotopic (exact) mass is 323 g/mol. The summed E-state index contributed by atoms with van der Waals surface area (Å²) < 4.78 is 6.99. The van der Waals surface area contributed by atoms with Gasteiger partial charge in [0, 0.05) is 25.0 Å². The molecule has 118 valence electrons. The first-order chi connectivity index (χ1) is 10.6. The standard InChI is InChI=1S/C14H18ClN5O2/c1-20-9-18-19-13(20)8-17-14(21)5-6-16-11-7-10(15)3-4-12(11)22-2/h3-4,7,9,16H,5-6,8H2,1-2H3,(H,17,21). The largest absolute Gasteiger partial charge is 0.495 e. The van der Waals surface area contributed by atoms with E-state index in [1.165, 1.54) is 0 Å². The van der Waals surface area contributed by atoms with E-state index in [4.69, 9.17) is 16.3 Å². The van der Waals surface area contributed by atoms with E-state index in [1.807, 2.05) is 7.05 Å². The van der Waals surface area contributed by atoms with Crippen molar-refractivity contribution in [1.82, 2.24) is 20.1 Å². The summed E-state index contributed by atoms with van der Waals surface area (Å²) in [7, 11) is 3.41. The maximum atomic E-state index is 11.8. The molecule has 7 nitrogen and oxygen atoms in total. The molecular formula is C14H18ClN5O2. The highest BCUT2D eigenvalue weighted by atomic mass is 35.5. The van der Waals surface area contributed by atoms with Gasteiger partial charge in [-0.25, -0.2) is 0 Å². The van der Waals surface area contributed by atoms with E-state index in [9.17, 15) is 4.79 Å². The van der Waals surface area contributed by atoms with Crippen LogP contribution in [-0.2, 0) is 18.4 Å². The fourth-order valence-corrected chi connectivity index (χ4v) is 2.03. The van der Waals surface area contributed by atoms with Crippen molar-refractivity contribution >= 4 is 23.2 Å². The number of halogens is 1. The third kappa shape index (κ3) is 4.36. The molecule has 0 fully saturated rings. The summed E-state index contributed by atoms with van der Waals surface area (Å²) in [4.78, 5) is 11.8. The summed E-state index contributed by atoms with van der Waals surface area (Å²) in [6.07, 6.45) is 1.92. The van der Waals surface area contributed by atoms with E-state index >= 15 is 0 Å². The minimum absolute atomic E-state index is 0.0727. The fourth-order valence-electron chi connectivity index (χ4n) is 1.86. The number of anilines is 1. The van der Waals surface area contributed by atoms with Crippen LogP contribution in [0.25, 0.3) is 0 Å². The molecule has 0 unspecified atom stereocenters. The Morgan fingerprint density at radius 1 is 1.45 bits per heavy atom. The number of hydrogen-bond acceptors (Lipinski definition) is 5. The number of nitrogens with one attached hydrogen (secondary N) is 2. The lowest BCUT2D eigenvalue weighted by Gasteiger charge is -2.11.